The summed E-state index contributed by atoms with van der Waals surface area (Å²) in [5, 5.41) is 25.4. The number of hydrogen-bond acceptors (Lipinski definition) is 4. The van der Waals surface area contributed by atoms with E-state index < -0.39 is 11.1 Å². The van der Waals surface area contributed by atoms with Crippen molar-refractivity contribution in [3.8, 4) is 0 Å². The van der Waals surface area contributed by atoms with E-state index in [0.29, 0.717) is 0 Å². The van der Waals surface area contributed by atoms with Gasteiger partial charge in [-0.2, -0.15) is 10.2 Å². The Hall–Kier alpha value is -1.46. The Kier molecular flexibility index (Phi) is 5.99. The fourth-order valence-corrected chi connectivity index (χ4v) is 4.25. The lowest BCUT2D eigenvalue weighted by Crippen LogP contribution is -2.49. The van der Waals surface area contributed by atoms with Crippen LogP contribution < -0.4 is 11.5 Å². The maximum Gasteiger partial charge on any atom is 0.138 e. The zero-order valence-electron chi connectivity index (χ0n) is 15.3. The summed E-state index contributed by atoms with van der Waals surface area (Å²) in [6.07, 6.45) is 11.3. The predicted octanol–water partition coefficient (Wildman–Crippen LogP) is 3.99. The minimum atomic E-state index is -0.772. The van der Waals surface area contributed by atoms with Gasteiger partial charge in [0.2, 0.25) is 0 Å². The summed E-state index contributed by atoms with van der Waals surface area (Å²) in [4.78, 5) is 0. The molecule has 0 aromatic rings. The zero-order chi connectivity index (χ0) is 17.8. The molecule has 2 unspecified atom stereocenters. The van der Waals surface area contributed by atoms with Crippen molar-refractivity contribution in [2.24, 2.45) is 33.5 Å². The third kappa shape index (κ3) is 3.78. The normalized spacial score (nSPS) is 25.9. The van der Waals surface area contributed by atoms with Gasteiger partial charge in [-0.15, -0.1) is 0 Å². The molecule has 0 aromatic carbocycles. The van der Waals surface area contributed by atoms with E-state index in [-0.39, 0.29) is 23.5 Å². The summed E-state index contributed by atoms with van der Waals surface area (Å²) < 4.78 is 0. The van der Waals surface area contributed by atoms with Crippen molar-refractivity contribution in [1.82, 2.24) is 0 Å². The Morgan fingerprint density at radius 1 is 0.708 bits per heavy atom. The molecule has 2 saturated carbocycles. The lowest BCUT2D eigenvalue weighted by atomic mass is 9.74. The molecule has 2 aliphatic rings. The quantitative estimate of drug-likeness (QED) is 0.333. The van der Waals surface area contributed by atoms with Crippen LogP contribution in [-0.2, 0) is 0 Å². The molecule has 6 nitrogen and oxygen atoms in total. The van der Waals surface area contributed by atoms with Crippen LogP contribution in [0.4, 0.5) is 0 Å². The van der Waals surface area contributed by atoms with Gasteiger partial charge >= 0.3 is 0 Å². The molecule has 0 radical (unpaired) electrons. The molecule has 0 aliphatic heterocycles. The molecule has 0 saturated heterocycles. The van der Waals surface area contributed by atoms with Crippen LogP contribution in [0.15, 0.2) is 10.2 Å². The van der Waals surface area contributed by atoms with Crippen LogP contribution in [-0.4, -0.2) is 22.7 Å². The first-order valence-electron chi connectivity index (χ1n) is 9.43. The summed E-state index contributed by atoms with van der Waals surface area (Å²) in [5.41, 5.74) is 10.3. The van der Waals surface area contributed by atoms with E-state index in [9.17, 15) is 0 Å². The number of nitrogens with zero attached hydrogens (tertiary/aromatic N) is 2. The Morgan fingerprint density at radius 2 is 1.00 bits per heavy atom. The van der Waals surface area contributed by atoms with Crippen LogP contribution in [0.2, 0.25) is 0 Å². The molecule has 2 aliphatic carbocycles. The molecule has 2 fully saturated rings. The maximum atomic E-state index is 8.08. The van der Waals surface area contributed by atoms with E-state index in [1.165, 1.54) is 12.8 Å². The Morgan fingerprint density at radius 3 is 1.25 bits per heavy atom. The number of amidine groups is 2. The average molecular weight is 335 g/mol. The highest BCUT2D eigenvalue weighted by atomic mass is 15.2. The van der Waals surface area contributed by atoms with E-state index >= 15 is 0 Å². The zero-order valence-corrected chi connectivity index (χ0v) is 15.3. The highest BCUT2D eigenvalue weighted by Gasteiger charge is 2.42. The van der Waals surface area contributed by atoms with E-state index in [1.807, 2.05) is 13.8 Å². The van der Waals surface area contributed by atoms with Gasteiger partial charge in [0.1, 0.15) is 22.7 Å². The Labute approximate surface area is 145 Å². The number of nitrogens with one attached hydrogen (secondary N) is 2. The monoisotopic (exact) mass is 334 g/mol. The molecule has 136 valence electrons. The van der Waals surface area contributed by atoms with Crippen LogP contribution in [0.1, 0.15) is 78.1 Å². The molecule has 0 bridgehead atoms. The van der Waals surface area contributed by atoms with Gasteiger partial charge in [0.05, 0.1) is 0 Å². The minimum absolute atomic E-state index is 0.0766. The van der Waals surface area contributed by atoms with Gasteiger partial charge < -0.3 is 11.5 Å². The van der Waals surface area contributed by atoms with Crippen molar-refractivity contribution < 1.29 is 0 Å². The highest BCUT2D eigenvalue weighted by molar-refractivity contribution is 5.88. The number of nitrogens with two attached hydrogens (primary N) is 2. The van der Waals surface area contributed by atoms with Crippen molar-refractivity contribution in [1.29, 1.82) is 10.8 Å². The molecular formula is C18H34N6. The molecule has 0 aromatic heterocycles. The third-order valence-corrected chi connectivity index (χ3v) is 6.36. The molecule has 2 rings (SSSR count). The highest BCUT2D eigenvalue weighted by Crippen LogP contribution is 2.39. The first kappa shape index (κ1) is 18.9. The van der Waals surface area contributed by atoms with Crippen LogP contribution >= 0.6 is 0 Å². The molecule has 24 heavy (non-hydrogen) atoms. The van der Waals surface area contributed by atoms with Crippen molar-refractivity contribution in [3.05, 3.63) is 0 Å². The van der Waals surface area contributed by atoms with E-state index in [0.717, 1.165) is 51.4 Å². The lowest BCUT2D eigenvalue weighted by Gasteiger charge is -2.38. The topological polar surface area (TPSA) is 124 Å². The summed E-state index contributed by atoms with van der Waals surface area (Å²) in [5.74, 6) is 0.672. The largest absolute Gasteiger partial charge is 0.386 e. The predicted molar refractivity (Wildman–Crippen MR) is 98.6 cm³/mol. The fraction of sp³-hybridized carbons (Fsp3) is 0.889. The first-order chi connectivity index (χ1) is 11.3. The molecule has 0 amide bonds. The third-order valence-electron chi connectivity index (χ3n) is 6.36. The van der Waals surface area contributed by atoms with Crippen molar-refractivity contribution in [2.75, 3.05) is 0 Å². The second kappa shape index (κ2) is 7.62. The lowest BCUT2D eigenvalue weighted by molar-refractivity contribution is 0.241. The Balaban J connectivity index is 2.26. The van der Waals surface area contributed by atoms with Crippen molar-refractivity contribution >= 4 is 11.7 Å². The van der Waals surface area contributed by atoms with Gasteiger partial charge in [0.15, 0.2) is 0 Å². The standard InChI is InChI=1S/C18H34N6/c1-17(15(19)20,13-9-5-3-6-10-13)23-24-18(2,16(21)22)14-11-7-4-8-12-14/h13-14H,3-12H2,1-2H3,(H3,19,20)(H3,21,22)/b24-23+. The van der Waals surface area contributed by atoms with Crippen LogP contribution in [0.3, 0.4) is 0 Å². The maximum absolute atomic E-state index is 8.08. The average Bonchev–Trinajstić information content (AvgIpc) is 2.60. The smallest absolute Gasteiger partial charge is 0.138 e. The number of rotatable bonds is 6. The van der Waals surface area contributed by atoms with Crippen LogP contribution in [0.25, 0.3) is 0 Å². The summed E-state index contributed by atoms with van der Waals surface area (Å²) in [6.45, 7) is 3.85. The number of hydrogen-bond donors (Lipinski definition) is 4. The Bertz CT molecular complexity index is 446. The van der Waals surface area contributed by atoms with Gasteiger partial charge in [0.25, 0.3) is 0 Å². The molecular weight excluding hydrogens is 300 g/mol. The van der Waals surface area contributed by atoms with E-state index in [2.05, 4.69) is 10.2 Å². The van der Waals surface area contributed by atoms with Crippen molar-refractivity contribution in [3.63, 3.8) is 0 Å². The van der Waals surface area contributed by atoms with Crippen molar-refractivity contribution in [2.45, 2.75) is 89.1 Å². The molecule has 6 N–H and O–H groups in total. The van der Waals surface area contributed by atoms with Crippen LogP contribution in [0, 0.1) is 22.7 Å². The van der Waals surface area contributed by atoms with Gasteiger partial charge in [-0.05, 0) is 51.4 Å². The van der Waals surface area contributed by atoms with Crippen LogP contribution in [0.5, 0.6) is 0 Å². The second-order valence-electron chi connectivity index (χ2n) is 7.99. The minimum Gasteiger partial charge on any atom is -0.386 e. The first-order valence-corrected chi connectivity index (χ1v) is 9.43. The summed E-state index contributed by atoms with van der Waals surface area (Å²) in [6, 6.07) is 0. The second-order valence-corrected chi connectivity index (χ2v) is 7.99. The SMILES string of the molecule is CC(/N=N/C(C)(C(=N)N)C1CCCCC1)(C(=N)N)C1CCCCC1. The number of azo groups is 1. The molecule has 0 heterocycles. The van der Waals surface area contributed by atoms with Gasteiger partial charge in [-0.25, -0.2) is 0 Å². The summed E-state index contributed by atoms with van der Waals surface area (Å²) in [7, 11) is 0. The summed E-state index contributed by atoms with van der Waals surface area (Å²) >= 11 is 0. The molecule has 6 heteroatoms. The van der Waals surface area contributed by atoms with E-state index in [4.69, 9.17) is 22.3 Å². The molecule has 2 atom stereocenters. The van der Waals surface area contributed by atoms with E-state index in [1.54, 1.807) is 0 Å². The van der Waals surface area contributed by atoms with Gasteiger partial charge in [-0.3, -0.25) is 10.8 Å². The van der Waals surface area contributed by atoms with Gasteiger partial charge in [0, 0.05) is 0 Å². The van der Waals surface area contributed by atoms with Gasteiger partial charge in [-0.1, -0.05) is 38.5 Å². The fourth-order valence-electron chi connectivity index (χ4n) is 4.25. The molecule has 0 spiro atoms.